The van der Waals surface area contributed by atoms with Crippen molar-refractivity contribution in [1.82, 2.24) is 29.4 Å². The van der Waals surface area contributed by atoms with Crippen LogP contribution in [0.5, 0.6) is 0 Å². The van der Waals surface area contributed by atoms with Gasteiger partial charge in [0.1, 0.15) is 12.2 Å². The Morgan fingerprint density at radius 1 is 0.903 bits per heavy atom. The van der Waals surface area contributed by atoms with Gasteiger partial charge in [-0.15, -0.1) is 10.2 Å². The highest BCUT2D eigenvalue weighted by molar-refractivity contribution is 6.31. The average Bonchev–Trinajstić information content (AvgIpc) is 3.40. The monoisotopic (exact) mass is 424 g/mol. The third-order valence-corrected chi connectivity index (χ3v) is 6.08. The van der Waals surface area contributed by atoms with E-state index in [9.17, 15) is 0 Å². The first-order chi connectivity index (χ1) is 15.2. The van der Waals surface area contributed by atoms with Crippen molar-refractivity contribution < 1.29 is 0 Å². The maximum absolute atomic E-state index is 6.31. The van der Waals surface area contributed by atoms with Crippen molar-refractivity contribution in [3.05, 3.63) is 95.2 Å². The van der Waals surface area contributed by atoms with Crippen molar-refractivity contribution in [3.8, 4) is 5.69 Å². The van der Waals surface area contributed by atoms with Crippen LogP contribution < -0.4 is 0 Å². The number of aryl methyl sites for hydroxylation is 1. The third-order valence-electron chi connectivity index (χ3n) is 5.68. The van der Waals surface area contributed by atoms with Gasteiger partial charge in [0.2, 0.25) is 0 Å². The minimum absolute atomic E-state index is 0.664. The molecule has 0 N–H and O–H groups in total. The zero-order valence-corrected chi connectivity index (χ0v) is 17.5. The summed E-state index contributed by atoms with van der Waals surface area (Å²) in [5.41, 5.74) is 4.55. The van der Waals surface area contributed by atoms with E-state index in [4.69, 9.17) is 11.6 Å². The first kappa shape index (κ1) is 18.0. The van der Waals surface area contributed by atoms with Gasteiger partial charge in [0, 0.05) is 11.4 Å². The fourth-order valence-electron chi connectivity index (χ4n) is 4.01. The van der Waals surface area contributed by atoms with Crippen molar-refractivity contribution in [2.75, 3.05) is 0 Å². The van der Waals surface area contributed by atoms with Crippen molar-refractivity contribution in [2.24, 2.45) is 0 Å². The zero-order chi connectivity index (χ0) is 20.9. The average molecular weight is 425 g/mol. The van der Waals surface area contributed by atoms with E-state index in [0.29, 0.717) is 11.4 Å². The predicted molar refractivity (Wildman–Crippen MR) is 122 cm³/mol. The van der Waals surface area contributed by atoms with E-state index in [0.717, 1.165) is 33.8 Å². The lowest BCUT2D eigenvalue weighted by Gasteiger charge is -2.06. The molecule has 0 spiro atoms. The van der Waals surface area contributed by atoms with Crippen LogP contribution >= 0.6 is 11.6 Å². The normalized spacial score (nSPS) is 11.7. The molecule has 0 unspecified atom stereocenters. The molecule has 0 saturated carbocycles. The first-order valence-corrected chi connectivity index (χ1v) is 10.4. The number of benzene rings is 3. The summed E-state index contributed by atoms with van der Waals surface area (Å²) in [6, 6.07) is 20.6. The molecular formula is C24H17ClN6. The fourth-order valence-corrected chi connectivity index (χ4v) is 4.18. The van der Waals surface area contributed by atoms with Gasteiger partial charge in [-0.05, 0) is 41.0 Å². The Bertz CT molecular complexity index is 1590. The standard InChI is InChI=1S/C24H17ClN6/c1-15-9-10-18(12-21(15)25)31-23-20(13-27-31)24-29-28-22(30(24)14-26-23)11-17-7-4-6-16-5-2-3-8-19(16)17/h2-10,12-14H,11H2,1H3. The smallest absolute Gasteiger partial charge is 0.174 e. The van der Waals surface area contributed by atoms with Crippen LogP contribution in [-0.2, 0) is 6.42 Å². The summed E-state index contributed by atoms with van der Waals surface area (Å²) in [5, 5.41) is 17.4. The minimum atomic E-state index is 0.664. The third kappa shape index (κ3) is 2.87. The van der Waals surface area contributed by atoms with E-state index >= 15 is 0 Å². The second-order valence-electron chi connectivity index (χ2n) is 7.60. The van der Waals surface area contributed by atoms with Crippen LogP contribution in [0.4, 0.5) is 0 Å². The second kappa shape index (κ2) is 6.89. The molecule has 6 rings (SSSR count). The number of aromatic nitrogens is 6. The van der Waals surface area contributed by atoms with E-state index in [-0.39, 0.29) is 0 Å². The second-order valence-corrected chi connectivity index (χ2v) is 8.00. The molecule has 0 aliphatic heterocycles. The van der Waals surface area contributed by atoms with E-state index in [2.05, 4.69) is 62.7 Å². The van der Waals surface area contributed by atoms with Crippen LogP contribution in [0.25, 0.3) is 33.1 Å². The molecule has 0 aliphatic carbocycles. The highest BCUT2D eigenvalue weighted by atomic mass is 35.5. The molecule has 3 aromatic heterocycles. The molecule has 7 heteroatoms. The molecule has 0 aliphatic rings. The number of fused-ring (bicyclic) bond motifs is 4. The summed E-state index contributed by atoms with van der Waals surface area (Å²) in [5.74, 6) is 0.840. The van der Waals surface area contributed by atoms with Crippen LogP contribution in [-0.4, -0.2) is 29.4 Å². The summed E-state index contributed by atoms with van der Waals surface area (Å²) in [4.78, 5) is 4.67. The largest absolute Gasteiger partial charge is 0.268 e. The number of hydrogen-bond acceptors (Lipinski definition) is 4. The first-order valence-electron chi connectivity index (χ1n) is 9.98. The number of nitrogens with zero attached hydrogens (tertiary/aromatic N) is 6. The molecule has 150 valence electrons. The van der Waals surface area contributed by atoms with Crippen LogP contribution in [0.2, 0.25) is 5.02 Å². The van der Waals surface area contributed by atoms with Gasteiger partial charge in [0.05, 0.1) is 17.3 Å². The highest BCUT2D eigenvalue weighted by Crippen LogP contribution is 2.25. The fraction of sp³-hybridized carbons (Fsp3) is 0.0833. The van der Waals surface area contributed by atoms with E-state index in [1.54, 1.807) is 17.2 Å². The minimum Gasteiger partial charge on any atom is -0.268 e. The Balaban J connectivity index is 1.46. The highest BCUT2D eigenvalue weighted by Gasteiger charge is 2.15. The molecule has 0 atom stereocenters. The molecule has 0 bridgehead atoms. The number of halogens is 1. The van der Waals surface area contributed by atoms with Gasteiger partial charge in [-0.1, -0.05) is 60.1 Å². The molecular weight excluding hydrogens is 408 g/mol. The van der Waals surface area contributed by atoms with Gasteiger partial charge in [0.15, 0.2) is 11.3 Å². The quantitative estimate of drug-likeness (QED) is 0.393. The molecule has 6 nitrogen and oxygen atoms in total. The molecule has 3 aromatic carbocycles. The van der Waals surface area contributed by atoms with Crippen LogP contribution in [0.1, 0.15) is 17.0 Å². The van der Waals surface area contributed by atoms with E-state index in [1.165, 1.54) is 16.3 Å². The Kier molecular flexibility index (Phi) is 4.01. The van der Waals surface area contributed by atoms with Gasteiger partial charge in [-0.25, -0.2) is 9.67 Å². The van der Waals surface area contributed by atoms with Crippen LogP contribution in [0.3, 0.4) is 0 Å². The summed E-state index contributed by atoms with van der Waals surface area (Å²) in [6.45, 7) is 1.97. The topological polar surface area (TPSA) is 60.9 Å². The summed E-state index contributed by atoms with van der Waals surface area (Å²) < 4.78 is 3.72. The Labute approximate surface area is 182 Å². The van der Waals surface area contributed by atoms with Gasteiger partial charge in [0.25, 0.3) is 0 Å². The van der Waals surface area contributed by atoms with Gasteiger partial charge in [-0.2, -0.15) is 5.10 Å². The van der Waals surface area contributed by atoms with Crippen molar-refractivity contribution >= 4 is 39.1 Å². The summed E-state index contributed by atoms with van der Waals surface area (Å²) in [7, 11) is 0. The van der Waals surface area contributed by atoms with Gasteiger partial charge in [-0.3, -0.25) is 4.40 Å². The van der Waals surface area contributed by atoms with Crippen LogP contribution in [0.15, 0.2) is 73.2 Å². The SMILES string of the molecule is Cc1ccc(-n2ncc3c2ncn2c(Cc4cccc5ccccc45)nnc32)cc1Cl. The molecule has 0 saturated heterocycles. The molecule has 0 radical (unpaired) electrons. The summed E-state index contributed by atoms with van der Waals surface area (Å²) in [6.07, 6.45) is 4.21. The van der Waals surface area contributed by atoms with E-state index in [1.807, 2.05) is 29.5 Å². The molecule has 31 heavy (non-hydrogen) atoms. The molecule has 3 heterocycles. The summed E-state index contributed by atoms with van der Waals surface area (Å²) >= 11 is 6.31. The Morgan fingerprint density at radius 3 is 2.68 bits per heavy atom. The Morgan fingerprint density at radius 2 is 1.77 bits per heavy atom. The molecule has 0 amide bonds. The van der Waals surface area contributed by atoms with Crippen molar-refractivity contribution in [3.63, 3.8) is 0 Å². The maximum Gasteiger partial charge on any atom is 0.174 e. The lowest BCUT2D eigenvalue weighted by molar-refractivity contribution is 0.886. The zero-order valence-electron chi connectivity index (χ0n) is 16.7. The van der Waals surface area contributed by atoms with E-state index < -0.39 is 0 Å². The number of rotatable bonds is 3. The molecule has 6 aromatic rings. The van der Waals surface area contributed by atoms with Gasteiger partial charge >= 0.3 is 0 Å². The Hall–Kier alpha value is -3.77. The number of hydrogen-bond donors (Lipinski definition) is 0. The predicted octanol–water partition coefficient (Wildman–Crippen LogP) is 5.17. The maximum atomic E-state index is 6.31. The van der Waals surface area contributed by atoms with Crippen LogP contribution in [0, 0.1) is 6.92 Å². The lowest BCUT2D eigenvalue weighted by atomic mass is 10.0. The molecule has 0 fully saturated rings. The van der Waals surface area contributed by atoms with Crippen molar-refractivity contribution in [2.45, 2.75) is 13.3 Å². The lowest BCUT2D eigenvalue weighted by Crippen LogP contribution is -2.01. The van der Waals surface area contributed by atoms with Crippen molar-refractivity contribution in [1.29, 1.82) is 0 Å². The van der Waals surface area contributed by atoms with Gasteiger partial charge < -0.3 is 0 Å².